The van der Waals surface area contributed by atoms with E-state index in [2.05, 4.69) is 15.1 Å². The van der Waals surface area contributed by atoms with Crippen LogP contribution in [0.3, 0.4) is 0 Å². The number of piperidine rings is 1. The Kier molecular flexibility index (Phi) is 3.82. The second kappa shape index (κ2) is 5.55. The Hall–Kier alpha value is -0.650. The first-order valence-corrected chi connectivity index (χ1v) is 7.17. The highest BCUT2D eigenvalue weighted by molar-refractivity contribution is 5.82. The van der Waals surface area contributed by atoms with Gasteiger partial charge >= 0.3 is 0 Å². The van der Waals surface area contributed by atoms with E-state index in [0.29, 0.717) is 11.9 Å². The van der Waals surface area contributed by atoms with Crippen molar-refractivity contribution in [3.05, 3.63) is 0 Å². The molecule has 0 aromatic heterocycles. The van der Waals surface area contributed by atoms with Crippen LogP contribution in [0, 0.1) is 5.92 Å². The van der Waals surface area contributed by atoms with Crippen molar-refractivity contribution in [2.24, 2.45) is 5.92 Å². The van der Waals surface area contributed by atoms with E-state index in [1.165, 1.54) is 0 Å². The van der Waals surface area contributed by atoms with E-state index in [9.17, 15) is 4.79 Å². The summed E-state index contributed by atoms with van der Waals surface area (Å²) >= 11 is 0. The lowest BCUT2D eigenvalue weighted by molar-refractivity contribution is -0.131. The zero-order chi connectivity index (χ0) is 12.4. The number of likely N-dealkylation sites (tertiary alicyclic amines) is 1. The molecule has 0 aliphatic carbocycles. The van der Waals surface area contributed by atoms with Crippen LogP contribution in [-0.2, 0) is 9.53 Å². The fourth-order valence-corrected chi connectivity index (χ4v) is 3.29. The van der Waals surface area contributed by atoms with Gasteiger partial charge in [-0.1, -0.05) is 0 Å². The second-order valence-corrected chi connectivity index (χ2v) is 5.55. The third kappa shape index (κ3) is 2.53. The Labute approximate surface area is 108 Å². The molecule has 0 spiro atoms. The number of amides is 1. The summed E-state index contributed by atoms with van der Waals surface area (Å²) in [6.45, 7) is 7.55. The molecule has 0 aromatic rings. The van der Waals surface area contributed by atoms with Gasteiger partial charge in [0.2, 0.25) is 5.91 Å². The third-order valence-corrected chi connectivity index (χ3v) is 4.42. The summed E-state index contributed by atoms with van der Waals surface area (Å²) in [6.07, 6.45) is 2.22. The Bertz CT molecular complexity index is 305. The lowest BCUT2D eigenvalue weighted by atomic mass is 9.94. The SMILES string of the molecule is O=C1C2CCCNC2CN1CCN1CCOCC1. The normalized spacial score (nSPS) is 33.8. The van der Waals surface area contributed by atoms with Crippen LogP contribution >= 0.6 is 0 Å². The van der Waals surface area contributed by atoms with Crippen molar-refractivity contribution in [3.8, 4) is 0 Å². The summed E-state index contributed by atoms with van der Waals surface area (Å²) in [5.74, 6) is 0.629. The average Bonchev–Trinajstić information content (AvgIpc) is 2.75. The summed E-state index contributed by atoms with van der Waals surface area (Å²) in [5.41, 5.74) is 0. The molecule has 0 saturated carbocycles. The summed E-state index contributed by atoms with van der Waals surface area (Å²) in [6, 6.07) is 0.413. The van der Waals surface area contributed by atoms with Crippen molar-refractivity contribution in [3.63, 3.8) is 0 Å². The molecule has 18 heavy (non-hydrogen) atoms. The molecule has 0 bridgehead atoms. The van der Waals surface area contributed by atoms with Crippen molar-refractivity contribution in [2.75, 3.05) is 52.5 Å². The van der Waals surface area contributed by atoms with Gasteiger partial charge in [-0.15, -0.1) is 0 Å². The Morgan fingerprint density at radius 2 is 2.11 bits per heavy atom. The lowest BCUT2D eigenvalue weighted by Crippen LogP contribution is -2.42. The first-order valence-electron chi connectivity index (χ1n) is 7.17. The predicted molar refractivity (Wildman–Crippen MR) is 68.4 cm³/mol. The highest BCUT2D eigenvalue weighted by Gasteiger charge is 2.41. The van der Waals surface area contributed by atoms with Crippen LogP contribution < -0.4 is 5.32 Å². The summed E-state index contributed by atoms with van der Waals surface area (Å²) in [5, 5.41) is 3.48. The minimum absolute atomic E-state index is 0.253. The molecule has 0 radical (unpaired) electrons. The van der Waals surface area contributed by atoms with Gasteiger partial charge in [0.25, 0.3) is 0 Å². The minimum Gasteiger partial charge on any atom is -0.379 e. The van der Waals surface area contributed by atoms with E-state index < -0.39 is 0 Å². The van der Waals surface area contributed by atoms with Crippen molar-refractivity contribution in [2.45, 2.75) is 18.9 Å². The number of hydrogen-bond donors (Lipinski definition) is 1. The highest BCUT2D eigenvalue weighted by atomic mass is 16.5. The zero-order valence-electron chi connectivity index (χ0n) is 10.9. The molecular weight excluding hydrogens is 230 g/mol. The van der Waals surface area contributed by atoms with Crippen LogP contribution in [0.25, 0.3) is 0 Å². The number of hydrogen-bond acceptors (Lipinski definition) is 4. The number of carbonyl (C=O) groups is 1. The molecule has 3 aliphatic rings. The van der Waals surface area contributed by atoms with Crippen LogP contribution in [0.5, 0.6) is 0 Å². The zero-order valence-corrected chi connectivity index (χ0v) is 10.9. The quantitative estimate of drug-likeness (QED) is 0.738. The molecule has 2 atom stereocenters. The van der Waals surface area contributed by atoms with Crippen LogP contribution in [0.1, 0.15) is 12.8 Å². The summed E-state index contributed by atoms with van der Waals surface area (Å²) in [4.78, 5) is 16.7. The maximum Gasteiger partial charge on any atom is 0.227 e. The molecule has 3 fully saturated rings. The molecular formula is C13H23N3O2. The molecule has 5 nitrogen and oxygen atoms in total. The van der Waals surface area contributed by atoms with E-state index in [1.807, 2.05) is 0 Å². The van der Waals surface area contributed by atoms with E-state index >= 15 is 0 Å². The fraction of sp³-hybridized carbons (Fsp3) is 0.923. The van der Waals surface area contributed by atoms with Gasteiger partial charge in [0.1, 0.15) is 0 Å². The fourth-order valence-electron chi connectivity index (χ4n) is 3.29. The number of carbonyl (C=O) groups excluding carboxylic acids is 1. The van der Waals surface area contributed by atoms with Gasteiger partial charge in [-0.2, -0.15) is 0 Å². The summed E-state index contributed by atoms with van der Waals surface area (Å²) < 4.78 is 5.34. The van der Waals surface area contributed by atoms with Gasteiger partial charge in [-0.05, 0) is 19.4 Å². The smallest absolute Gasteiger partial charge is 0.227 e. The van der Waals surface area contributed by atoms with Gasteiger partial charge in [0.15, 0.2) is 0 Å². The molecule has 2 unspecified atom stereocenters. The standard InChI is InChI=1S/C13H23N3O2/c17-13-11-2-1-3-14-12(11)10-16(13)5-4-15-6-8-18-9-7-15/h11-12,14H,1-10H2. The monoisotopic (exact) mass is 253 g/mol. The predicted octanol–water partition coefficient (Wildman–Crippen LogP) is -0.471. The molecule has 102 valence electrons. The topological polar surface area (TPSA) is 44.8 Å². The molecule has 3 aliphatic heterocycles. The molecule has 1 amide bonds. The number of nitrogens with zero attached hydrogens (tertiary/aromatic N) is 2. The van der Waals surface area contributed by atoms with E-state index in [4.69, 9.17) is 4.74 Å². The maximum absolute atomic E-state index is 12.3. The third-order valence-electron chi connectivity index (χ3n) is 4.42. The van der Waals surface area contributed by atoms with Gasteiger partial charge in [-0.25, -0.2) is 0 Å². The second-order valence-electron chi connectivity index (χ2n) is 5.55. The minimum atomic E-state index is 0.253. The first-order chi connectivity index (χ1) is 8.84. The number of ether oxygens (including phenoxy) is 1. The van der Waals surface area contributed by atoms with Gasteiger partial charge in [0, 0.05) is 38.8 Å². The van der Waals surface area contributed by atoms with E-state index in [1.54, 1.807) is 0 Å². The van der Waals surface area contributed by atoms with Crippen LogP contribution in [0.15, 0.2) is 0 Å². The molecule has 1 N–H and O–H groups in total. The first kappa shape index (κ1) is 12.4. The lowest BCUT2D eigenvalue weighted by Gasteiger charge is -2.28. The number of rotatable bonds is 3. The van der Waals surface area contributed by atoms with Crippen molar-refractivity contribution in [1.29, 1.82) is 0 Å². The largest absolute Gasteiger partial charge is 0.379 e. The highest BCUT2D eigenvalue weighted by Crippen LogP contribution is 2.26. The Balaban J connectivity index is 1.49. The number of fused-ring (bicyclic) bond motifs is 1. The molecule has 3 saturated heterocycles. The maximum atomic E-state index is 12.3. The number of nitrogens with one attached hydrogen (secondary N) is 1. The Morgan fingerprint density at radius 3 is 2.89 bits per heavy atom. The van der Waals surface area contributed by atoms with Crippen molar-refractivity contribution >= 4 is 5.91 Å². The molecule has 5 heteroatoms. The van der Waals surface area contributed by atoms with E-state index in [-0.39, 0.29) is 5.92 Å². The van der Waals surface area contributed by atoms with E-state index in [0.717, 1.165) is 65.3 Å². The molecule has 3 rings (SSSR count). The van der Waals surface area contributed by atoms with Crippen LogP contribution in [-0.4, -0.2) is 74.2 Å². The number of morpholine rings is 1. The van der Waals surface area contributed by atoms with Crippen LogP contribution in [0.2, 0.25) is 0 Å². The van der Waals surface area contributed by atoms with Crippen molar-refractivity contribution < 1.29 is 9.53 Å². The molecule has 3 heterocycles. The summed E-state index contributed by atoms with van der Waals surface area (Å²) in [7, 11) is 0. The molecule has 0 aromatic carbocycles. The van der Waals surface area contributed by atoms with Crippen LogP contribution in [0.4, 0.5) is 0 Å². The van der Waals surface area contributed by atoms with Gasteiger partial charge in [0.05, 0.1) is 19.1 Å². The van der Waals surface area contributed by atoms with Crippen molar-refractivity contribution in [1.82, 2.24) is 15.1 Å². The van der Waals surface area contributed by atoms with Gasteiger partial charge in [-0.3, -0.25) is 9.69 Å². The Morgan fingerprint density at radius 1 is 1.28 bits per heavy atom. The average molecular weight is 253 g/mol. The van der Waals surface area contributed by atoms with Gasteiger partial charge < -0.3 is 15.0 Å².